The second-order valence-electron chi connectivity index (χ2n) is 6.22. The Morgan fingerprint density at radius 3 is 2.22 bits per heavy atom. The van der Waals surface area contributed by atoms with Crippen LogP contribution in [0.1, 0.15) is 54.5 Å². The van der Waals surface area contributed by atoms with E-state index in [-0.39, 0.29) is 5.89 Å². The molecular weight excluding hydrogens is 232 g/mol. The highest BCUT2D eigenvalue weighted by atomic mass is 16.5. The second-order valence-corrected chi connectivity index (χ2v) is 6.22. The van der Waals surface area contributed by atoms with Gasteiger partial charge >= 0.3 is 11.9 Å². The average molecular weight is 248 g/mol. The van der Waals surface area contributed by atoms with E-state index in [0.717, 1.165) is 11.8 Å². The van der Waals surface area contributed by atoms with E-state index < -0.39 is 5.97 Å². The van der Waals surface area contributed by atoms with E-state index in [0.29, 0.717) is 23.6 Å². The van der Waals surface area contributed by atoms with Gasteiger partial charge in [0, 0.05) is 5.92 Å². The van der Waals surface area contributed by atoms with Crippen LogP contribution in [-0.2, 0) is 0 Å². The molecule has 4 aliphatic carbocycles. The number of hydrogen-bond donors (Lipinski definition) is 1. The molecule has 0 unspecified atom stereocenters. The van der Waals surface area contributed by atoms with Crippen molar-refractivity contribution < 1.29 is 14.4 Å². The van der Waals surface area contributed by atoms with Crippen LogP contribution in [0.25, 0.3) is 0 Å². The van der Waals surface area contributed by atoms with Crippen molar-refractivity contribution in [2.24, 2.45) is 23.7 Å². The molecule has 0 atom stereocenters. The monoisotopic (exact) mass is 248 g/mol. The summed E-state index contributed by atoms with van der Waals surface area (Å²) in [5.74, 6) is 2.69. The molecule has 18 heavy (non-hydrogen) atoms. The molecule has 4 aliphatic rings. The molecule has 5 heteroatoms. The van der Waals surface area contributed by atoms with Gasteiger partial charge in [-0.15, -0.1) is 0 Å². The molecule has 0 radical (unpaired) electrons. The topological polar surface area (TPSA) is 76.2 Å². The Morgan fingerprint density at radius 1 is 1.11 bits per heavy atom. The first-order valence-electron chi connectivity index (χ1n) is 6.77. The van der Waals surface area contributed by atoms with Crippen molar-refractivity contribution in [3.8, 4) is 0 Å². The smallest absolute Gasteiger partial charge is 0.394 e. The van der Waals surface area contributed by atoms with E-state index >= 15 is 0 Å². The van der Waals surface area contributed by atoms with Gasteiger partial charge in [-0.25, -0.2) is 4.79 Å². The minimum absolute atomic E-state index is 0.265. The molecule has 1 aromatic rings. The summed E-state index contributed by atoms with van der Waals surface area (Å²) >= 11 is 0. The van der Waals surface area contributed by atoms with E-state index in [1.165, 1.54) is 32.1 Å². The van der Waals surface area contributed by atoms with Crippen LogP contribution in [-0.4, -0.2) is 21.2 Å². The van der Waals surface area contributed by atoms with Gasteiger partial charge in [-0.3, -0.25) is 0 Å². The number of carbonyl (C=O) groups is 1. The first kappa shape index (κ1) is 10.5. The highest BCUT2D eigenvalue weighted by Gasteiger charge is 2.50. The van der Waals surface area contributed by atoms with E-state index in [1.54, 1.807) is 0 Å². The largest absolute Gasteiger partial charge is 0.474 e. The maximum Gasteiger partial charge on any atom is 0.394 e. The lowest BCUT2D eigenvalue weighted by atomic mass is 9.52. The third-order valence-corrected chi connectivity index (χ3v) is 5.15. The van der Waals surface area contributed by atoms with Gasteiger partial charge in [0.2, 0.25) is 0 Å². The number of hydrogen-bond acceptors (Lipinski definition) is 4. The Hall–Kier alpha value is -1.39. The van der Waals surface area contributed by atoms with Crippen molar-refractivity contribution in [1.29, 1.82) is 0 Å². The Bertz CT molecular complexity index is 468. The molecule has 96 valence electrons. The van der Waals surface area contributed by atoms with Gasteiger partial charge in [-0.1, -0.05) is 5.16 Å². The van der Waals surface area contributed by atoms with Gasteiger partial charge in [0.25, 0.3) is 0 Å². The highest BCUT2D eigenvalue weighted by molar-refractivity contribution is 5.81. The number of nitrogens with zero attached hydrogens (tertiary/aromatic N) is 2. The number of carboxylic acids is 1. The molecule has 0 amide bonds. The molecule has 1 heterocycles. The molecule has 0 spiro atoms. The maximum absolute atomic E-state index is 10.8. The molecule has 4 saturated carbocycles. The highest BCUT2D eigenvalue weighted by Crippen LogP contribution is 2.59. The lowest BCUT2D eigenvalue weighted by molar-refractivity contribution is -0.00629. The van der Waals surface area contributed by atoms with Gasteiger partial charge in [-0.05, 0) is 55.8 Å². The fourth-order valence-corrected chi connectivity index (χ4v) is 4.80. The van der Waals surface area contributed by atoms with Crippen molar-refractivity contribution in [2.75, 3.05) is 0 Å². The maximum atomic E-state index is 10.8. The third-order valence-electron chi connectivity index (χ3n) is 5.15. The van der Waals surface area contributed by atoms with Crippen molar-refractivity contribution in [2.45, 2.75) is 38.0 Å². The second kappa shape index (κ2) is 3.56. The summed E-state index contributed by atoms with van der Waals surface area (Å²) in [7, 11) is 0. The van der Waals surface area contributed by atoms with Gasteiger partial charge in [-0.2, -0.15) is 4.98 Å². The Labute approximate surface area is 105 Å². The molecule has 4 fully saturated rings. The summed E-state index contributed by atoms with van der Waals surface area (Å²) in [6.07, 6.45) is 6.50. The van der Waals surface area contributed by atoms with Crippen molar-refractivity contribution in [3.05, 3.63) is 11.7 Å². The van der Waals surface area contributed by atoms with Crippen molar-refractivity contribution in [3.63, 3.8) is 0 Å². The van der Waals surface area contributed by atoms with Gasteiger partial charge < -0.3 is 9.63 Å². The van der Waals surface area contributed by atoms with Gasteiger partial charge in [0.15, 0.2) is 5.82 Å². The average Bonchev–Trinajstić information content (AvgIpc) is 2.77. The predicted octanol–water partition coefficient (Wildman–Crippen LogP) is 2.31. The minimum atomic E-state index is -1.13. The molecule has 4 bridgehead atoms. The van der Waals surface area contributed by atoms with Crippen molar-refractivity contribution >= 4 is 5.97 Å². The van der Waals surface area contributed by atoms with E-state index in [1.807, 2.05) is 0 Å². The standard InChI is InChI=1S/C13H16N2O3/c16-13(17)12-14-11(15-18-12)10-8-2-6-1-7(4-8)5-9(10)3-6/h6-10H,1-5H2,(H,16,17). The SMILES string of the molecule is O=C(O)c1nc(C2C3CC4CC(C3)CC2C4)no1. The zero-order valence-corrected chi connectivity index (χ0v) is 10.1. The normalized spacial score (nSPS) is 41.2. The molecule has 1 N–H and O–H groups in total. The zero-order chi connectivity index (χ0) is 12.3. The van der Waals surface area contributed by atoms with E-state index in [4.69, 9.17) is 9.63 Å². The lowest BCUT2D eigenvalue weighted by Crippen LogP contribution is -2.44. The molecule has 1 aromatic heterocycles. The quantitative estimate of drug-likeness (QED) is 0.869. The summed E-state index contributed by atoms with van der Waals surface area (Å²) < 4.78 is 4.82. The number of rotatable bonds is 2. The first-order valence-corrected chi connectivity index (χ1v) is 6.77. The molecule has 0 aromatic carbocycles. The Balaban J connectivity index is 1.66. The fourth-order valence-electron chi connectivity index (χ4n) is 4.80. The molecule has 0 aliphatic heterocycles. The summed E-state index contributed by atoms with van der Waals surface area (Å²) in [4.78, 5) is 14.9. The van der Waals surface area contributed by atoms with Gasteiger partial charge in [0.05, 0.1) is 0 Å². The van der Waals surface area contributed by atoms with Crippen LogP contribution in [0.2, 0.25) is 0 Å². The fraction of sp³-hybridized carbons (Fsp3) is 0.769. The van der Waals surface area contributed by atoms with Crippen LogP contribution in [0.4, 0.5) is 0 Å². The number of aromatic carboxylic acids is 1. The summed E-state index contributed by atoms with van der Waals surface area (Å²) in [6, 6.07) is 0. The summed E-state index contributed by atoms with van der Waals surface area (Å²) in [5.41, 5.74) is 0. The van der Waals surface area contributed by atoms with Crippen LogP contribution in [0, 0.1) is 23.7 Å². The zero-order valence-electron chi connectivity index (χ0n) is 10.1. The van der Waals surface area contributed by atoms with E-state index in [9.17, 15) is 4.79 Å². The van der Waals surface area contributed by atoms with Crippen LogP contribution < -0.4 is 0 Å². The number of aromatic nitrogens is 2. The molecule has 5 nitrogen and oxygen atoms in total. The van der Waals surface area contributed by atoms with E-state index in [2.05, 4.69) is 10.1 Å². The van der Waals surface area contributed by atoms with Gasteiger partial charge in [0.1, 0.15) is 0 Å². The third kappa shape index (κ3) is 1.42. The lowest BCUT2D eigenvalue weighted by Gasteiger charge is -2.53. The Morgan fingerprint density at radius 2 is 1.72 bits per heavy atom. The van der Waals surface area contributed by atoms with Crippen LogP contribution >= 0.6 is 0 Å². The summed E-state index contributed by atoms with van der Waals surface area (Å²) in [5, 5.41) is 12.8. The van der Waals surface area contributed by atoms with Crippen molar-refractivity contribution in [1.82, 2.24) is 10.1 Å². The first-order chi connectivity index (χ1) is 8.70. The van der Waals surface area contributed by atoms with Crippen LogP contribution in [0.15, 0.2) is 4.52 Å². The summed E-state index contributed by atoms with van der Waals surface area (Å²) in [6.45, 7) is 0. The predicted molar refractivity (Wildman–Crippen MR) is 61.0 cm³/mol. The van der Waals surface area contributed by atoms with Crippen LogP contribution in [0.3, 0.4) is 0 Å². The molecular formula is C13H16N2O3. The number of carboxylic acid groups (broad SMARTS) is 1. The molecule has 5 rings (SSSR count). The minimum Gasteiger partial charge on any atom is -0.474 e. The Kier molecular flexibility index (Phi) is 2.08. The molecule has 0 saturated heterocycles. The van der Waals surface area contributed by atoms with Crippen LogP contribution in [0.5, 0.6) is 0 Å².